The zero-order valence-electron chi connectivity index (χ0n) is 13.4. The largest absolute Gasteiger partial charge is 0.462 e. The van der Waals surface area contributed by atoms with Gasteiger partial charge in [-0.15, -0.1) is 11.3 Å². The van der Waals surface area contributed by atoms with Crippen molar-refractivity contribution in [3.8, 4) is 5.75 Å². The number of rotatable bonds is 6. The Labute approximate surface area is 149 Å². The van der Waals surface area contributed by atoms with Crippen molar-refractivity contribution in [1.82, 2.24) is 0 Å². The molecule has 0 saturated heterocycles. The number of benzene rings is 2. The van der Waals surface area contributed by atoms with E-state index in [0.29, 0.717) is 11.3 Å². The molecule has 0 aliphatic rings. The van der Waals surface area contributed by atoms with Crippen LogP contribution in [0.15, 0.2) is 72.1 Å². The molecule has 3 rings (SSSR count). The smallest absolute Gasteiger partial charge is 0.353 e. The van der Waals surface area contributed by atoms with E-state index in [9.17, 15) is 9.59 Å². The Balaban J connectivity index is 1.63. The van der Waals surface area contributed by atoms with Gasteiger partial charge in [0.1, 0.15) is 16.2 Å². The number of ether oxygens (including phenoxy) is 2. The van der Waals surface area contributed by atoms with Crippen LogP contribution in [-0.4, -0.2) is 18.5 Å². The summed E-state index contributed by atoms with van der Waals surface area (Å²) < 4.78 is 10.7. The number of para-hydroxylation sites is 1. The second-order valence-corrected chi connectivity index (χ2v) is 6.18. The monoisotopic (exact) mass is 352 g/mol. The molecule has 0 unspecified atom stereocenters. The van der Waals surface area contributed by atoms with Crippen molar-refractivity contribution in [1.29, 1.82) is 0 Å². The number of carbonyl (C=O) groups excluding carboxylic acids is 2. The molecule has 4 nitrogen and oxygen atoms in total. The molecular formula is C20H16O4S. The van der Waals surface area contributed by atoms with Gasteiger partial charge in [0.25, 0.3) is 0 Å². The highest BCUT2D eigenvalue weighted by Gasteiger charge is 2.17. The summed E-state index contributed by atoms with van der Waals surface area (Å²) in [7, 11) is 0. The van der Waals surface area contributed by atoms with E-state index in [-0.39, 0.29) is 17.9 Å². The third-order valence-electron chi connectivity index (χ3n) is 3.50. The Morgan fingerprint density at radius 3 is 2.36 bits per heavy atom. The first kappa shape index (κ1) is 16.9. The van der Waals surface area contributed by atoms with Crippen LogP contribution in [0.4, 0.5) is 0 Å². The number of hydrogen-bond acceptors (Lipinski definition) is 5. The van der Waals surface area contributed by atoms with Gasteiger partial charge in [0.05, 0.1) is 6.61 Å². The highest BCUT2D eigenvalue weighted by Crippen LogP contribution is 2.21. The van der Waals surface area contributed by atoms with Gasteiger partial charge in [0.2, 0.25) is 0 Å². The molecule has 0 aliphatic carbocycles. The van der Waals surface area contributed by atoms with Gasteiger partial charge in [-0.3, -0.25) is 0 Å². The highest BCUT2D eigenvalue weighted by molar-refractivity contribution is 7.12. The van der Waals surface area contributed by atoms with E-state index in [0.717, 1.165) is 5.56 Å². The van der Waals surface area contributed by atoms with E-state index in [4.69, 9.17) is 9.47 Å². The van der Waals surface area contributed by atoms with Gasteiger partial charge >= 0.3 is 11.9 Å². The van der Waals surface area contributed by atoms with Gasteiger partial charge in [-0.25, -0.2) is 9.59 Å². The Hall–Kier alpha value is -2.92. The van der Waals surface area contributed by atoms with E-state index < -0.39 is 11.9 Å². The first-order valence-electron chi connectivity index (χ1n) is 7.80. The lowest BCUT2D eigenvalue weighted by molar-refractivity contribution is 0.0504. The van der Waals surface area contributed by atoms with Gasteiger partial charge in [-0.2, -0.15) is 0 Å². The predicted molar refractivity (Wildman–Crippen MR) is 96.1 cm³/mol. The van der Waals surface area contributed by atoms with Crippen LogP contribution in [0.25, 0.3) is 0 Å². The minimum Gasteiger partial charge on any atom is -0.462 e. The molecule has 126 valence electrons. The molecule has 3 aromatic rings. The Morgan fingerprint density at radius 2 is 1.60 bits per heavy atom. The fourth-order valence-electron chi connectivity index (χ4n) is 2.25. The van der Waals surface area contributed by atoms with Gasteiger partial charge in [-0.05, 0) is 29.1 Å². The van der Waals surface area contributed by atoms with Crippen LogP contribution in [0, 0.1) is 0 Å². The zero-order valence-corrected chi connectivity index (χ0v) is 14.2. The summed E-state index contributed by atoms with van der Waals surface area (Å²) in [5, 5.41) is 1.79. The highest BCUT2D eigenvalue weighted by atomic mass is 32.1. The summed E-state index contributed by atoms with van der Waals surface area (Å²) in [6, 6.07) is 19.8. The molecule has 0 amide bonds. The second-order valence-electron chi connectivity index (χ2n) is 5.23. The molecule has 1 heterocycles. The first-order chi connectivity index (χ1) is 12.2. The molecule has 0 spiro atoms. The fraction of sp³-hybridized carbons (Fsp3) is 0.100. The molecule has 0 saturated carbocycles. The average Bonchev–Trinajstić information content (AvgIpc) is 3.18. The molecule has 0 bridgehead atoms. The van der Waals surface area contributed by atoms with Crippen molar-refractivity contribution in [2.45, 2.75) is 6.42 Å². The molecule has 0 radical (unpaired) electrons. The van der Waals surface area contributed by atoms with Crippen molar-refractivity contribution >= 4 is 23.3 Å². The van der Waals surface area contributed by atoms with E-state index in [2.05, 4.69) is 0 Å². The van der Waals surface area contributed by atoms with Crippen LogP contribution in [-0.2, 0) is 11.2 Å². The Morgan fingerprint density at radius 1 is 0.840 bits per heavy atom. The SMILES string of the molecule is O=C(Oc1ccccc1C(=O)OCCc1ccccc1)c1cccs1. The van der Waals surface area contributed by atoms with Gasteiger partial charge < -0.3 is 9.47 Å². The molecule has 5 heteroatoms. The maximum absolute atomic E-state index is 12.3. The van der Waals surface area contributed by atoms with Crippen molar-refractivity contribution in [3.63, 3.8) is 0 Å². The van der Waals surface area contributed by atoms with Crippen molar-refractivity contribution < 1.29 is 19.1 Å². The lowest BCUT2D eigenvalue weighted by atomic mass is 10.2. The van der Waals surface area contributed by atoms with E-state index >= 15 is 0 Å². The van der Waals surface area contributed by atoms with E-state index in [1.54, 1.807) is 41.8 Å². The van der Waals surface area contributed by atoms with Crippen molar-refractivity contribution in [2.75, 3.05) is 6.61 Å². The summed E-state index contributed by atoms with van der Waals surface area (Å²) in [6.45, 7) is 0.260. The summed E-state index contributed by atoms with van der Waals surface area (Å²) in [4.78, 5) is 24.9. The van der Waals surface area contributed by atoms with Crippen LogP contribution in [0.3, 0.4) is 0 Å². The van der Waals surface area contributed by atoms with Crippen LogP contribution < -0.4 is 4.74 Å². The van der Waals surface area contributed by atoms with Gasteiger partial charge in [0.15, 0.2) is 0 Å². The summed E-state index contributed by atoms with van der Waals surface area (Å²) >= 11 is 1.29. The van der Waals surface area contributed by atoms with Crippen molar-refractivity contribution in [3.05, 3.63) is 88.1 Å². The standard InChI is InChI=1S/C20H16O4S/c21-19(23-13-12-15-7-2-1-3-8-15)16-9-4-5-10-17(16)24-20(22)18-11-6-14-25-18/h1-11,14H,12-13H2. The Kier molecular flexibility index (Phi) is 5.59. The second kappa shape index (κ2) is 8.26. The maximum atomic E-state index is 12.3. The van der Waals surface area contributed by atoms with Crippen LogP contribution in [0.1, 0.15) is 25.6 Å². The number of esters is 2. The number of hydrogen-bond donors (Lipinski definition) is 0. The minimum absolute atomic E-state index is 0.200. The predicted octanol–water partition coefficient (Wildman–Crippen LogP) is 4.37. The summed E-state index contributed by atoms with van der Waals surface area (Å²) in [6.07, 6.45) is 0.629. The normalized spacial score (nSPS) is 10.2. The topological polar surface area (TPSA) is 52.6 Å². The number of thiophene rings is 1. The molecule has 2 aromatic carbocycles. The fourth-order valence-corrected chi connectivity index (χ4v) is 2.85. The minimum atomic E-state index is -0.509. The average molecular weight is 352 g/mol. The van der Waals surface area contributed by atoms with E-state index in [1.165, 1.54) is 11.3 Å². The molecule has 0 fully saturated rings. The zero-order chi connectivity index (χ0) is 17.5. The third-order valence-corrected chi connectivity index (χ3v) is 4.35. The van der Waals surface area contributed by atoms with Crippen LogP contribution in [0.2, 0.25) is 0 Å². The number of carbonyl (C=O) groups is 2. The Bertz CT molecular complexity index is 841. The molecule has 25 heavy (non-hydrogen) atoms. The van der Waals surface area contributed by atoms with Gasteiger partial charge in [-0.1, -0.05) is 48.5 Å². The first-order valence-corrected chi connectivity index (χ1v) is 8.68. The molecule has 1 aromatic heterocycles. The van der Waals surface area contributed by atoms with E-state index in [1.807, 2.05) is 30.3 Å². The van der Waals surface area contributed by atoms with Crippen molar-refractivity contribution in [2.24, 2.45) is 0 Å². The van der Waals surface area contributed by atoms with Crippen LogP contribution >= 0.6 is 11.3 Å². The summed E-state index contributed by atoms with van der Waals surface area (Å²) in [5.41, 5.74) is 1.33. The lowest BCUT2D eigenvalue weighted by Crippen LogP contribution is -2.13. The molecule has 0 atom stereocenters. The third kappa shape index (κ3) is 4.55. The van der Waals surface area contributed by atoms with Crippen LogP contribution in [0.5, 0.6) is 5.75 Å². The molecular weight excluding hydrogens is 336 g/mol. The quantitative estimate of drug-likeness (QED) is 0.488. The van der Waals surface area contributed by atoms with Gasteiger partial charge in [0, 0.05) is 6.42 Å². The maximum Gasteiger partial charge on any atom is 0.353 e. The lowest BCUT2D eigenvalue weighted by Gasteiger charge is -2.09. The molecule has 0 N–H and O–H groups in total. The summed E-state index contributed by atoms with van der Waals surface area (Å²) in [5.74, 6) is -0.796. The molecule has 0 aliphatic heterocycles.